The van der Waals surface area contributed by atoms with Gasteiger partial charge in [0.25, 0.3) is 0 Å². The lowest BCUT2D eigenvalue weighted by Crippen LogP contribution is -2.39. The summed E-state index contributed by atoms with van der Waals surface area (Å²) in [7, 11) is 0. The number of nitrogens with one attached hydrogen (secondary N) is 2. The van der Waals surface area contributed by atoms with Crippen LogP contribution >= 0.6 is 23.8 Å². The van der Waals surface area contributed by atoms with Gasteiger partial charge < -0.3 is 10.6 Å². The van der Waals surface area contributed by atoms with Crippen LogP contribution in [0.15, 0.2) is 18.3 Å². The fourth-order valence-corrected chi connectivity index (χ4v) is 2.52. The molecule has 0 atom stereocenters. The van der Waals surface area contributed by atoms with Crippen molar-refractivity contribution in [2.75, 3.05) is 5.32 Å². The fourth-order valence-electron chi connectivity index (χ4n) is 2.19. The van der Waals surface area contributed by atoms with E-state index in [4.69, 9.17) is 23.8 Å². The first-order valence-electron chi connectivity index (χ1n) is 6.38. The Morgan fingerprint density at radius 1 is 1.32 bits per heavy atom. The van der Waals surface area contributed by atoms with Crippen molar-refractivity contribution in [1.29, 1.82) is 0 Å². The topological polar surface area (TPSA) is 54.0 Å². The van der Waals surface area contributed by atoms with Crippen molar-refractivity contribution in [3.63, 3.8) is 0 Å². The minimum atomic E-state index is 0.0131. The lowest BCUT2D eigenvalue weighted by atomic mass is 9.89. The smallest absolute Gasteiger partial charge is 0.229 e. The van der Waals surface area contributed by atoms with E-state index in [0.717, 1.165) is 25.7 Å². The SMILES string of the molecule is O=C(NC(=S)Nc1ccc(Cl)nc1)C1CCCCC1. The molecule has 102 valence electrons. The second-order valence-electron chi connectivity index (χ2n) is 4.65. The van der Waals surface area contributed by atoms with Gasteiger partial charge >= 0.3 is 0 Å². The Morgan fingerprint density at radius 3 is 2.68 bits per heavy atom. The average molecular weight is 298 g/mol. The number of aromatic nitrogens is 1. The number of pyridine rings is 1. The van der Waals surface area contributed by atoms with Gasteiger partial charge in [-0.1, -0.05) is 30.9 Å². The van der Waals surface area contributed by atoms with Crippen molar-refractivity contribution in [2.45, 2.75) is 32.1 Å². The van der Waals surface area contributed by atoms with Crippen molar-refractivity contribution < 1.29 is 4.79 Å². The van der Waals surface area contributed by atoms with Crippen LogP contribution in [-0.2, 0) is 4.79 Å². The molecule has 4 nitrogen and oxygen atoms in total. The van der Waals surface area contributed by atoms with E-state index < -0.39 is 0 Å². The van der Waals surface area contributed by atoms with Crippen LogP contribution in [0.3, 0.4) is 0 Å². The normalized spacial score (nSPS) is 15.8. The highest BCUT2D eigenvalue weighted by Gasteiger charge is 2.21. The molecule has 0 radical (unpaired) electrons. The minimum absolute atomic E-state index is 0.0131. The van der Waals surface area contributed by atoms with E-state index in [0.29, 0.717) is 16.0 Å². The van der Waals surface area contributed by atoms with Crippen molar-refractivity contribution in [3.8, 4) is 0 Å². The third-order valence-electron chi connectivity index (χ3n) is 3.20. The summed E-state index contributed by atoms with van der Waals surface area (Å²) in [5, 5.41) is 6.38. The molecule has 1 saturated carbocycles. The molecule has 1 amide bonds. The van der Waals surface area contributed by atoms with E-state index in [1.54, 1.807) is 18.3 Å². The van der Waals surface area contributed by atoms with Crippen LogP contribution in [0.1, 0.15) is 32.1 Å². The molecule has 0 aliphatic heterocycles. The highest BCUT2D eigenvalue weighted by atomic mass is 35.5. The molecule has 1 heterocycles. The number of thiocarbonyl (C=S) groups is 1. The molecule has 0 spiro atoms. The Balaban J connectivity index is 1.83. The first kappa shape index (κ1) is 14.2. The summed E-state index contributed by atoms with van der Waals surface area (Å²) >= 11 is 10.8. The molecule has 1 aromatic heterocycles. The molecule has 0 bridgehead atoms. The van der Waals surface area contributed by atoms with E-state index in [9.17, 15) is 4.79 Å². The van der Waals surface area contributed by atoms with Gasteiger partial charge in [0.15, 0.2) is 5.11 Å². The van der Waals surface area contributed by atoms with Gasteiger partial charge in [-0.25, -0.2) is 4.98 Å². The first-order valence-corrected chi connectivity index (χ1v) is 7.17. The van der Waals surface area contributed by atoms with E-state index >= 15 is 0 Å². The molecule has 1 fully saturated rings. The quantitative estimate of drug-likeness (QED) is 0.650. The van der Waals surface area contributed by atoms with Gasteiger partial charge in [-0.2, -0.15) is 0 Å². The number of anilines is 1. The number of hydrogen-bond donors (Lipinski definition) is 2. The lowest BCUT2D eigenvalue weighted by molar-refractivity contribution is -0.124. The van der Waals surface area contributed by atoms with Gasteiger partial charge in [0.2, 0.25) is 5.91 Å². The third-order valence-corrected chi connectivity index (χ3v) is 3.63. The molecular formula is C13H16ClN3OS. The lowest BCUT2D eigenvalue weighted by Gasteiger charge is -2.21. The molecule has 0 unspecified atom stereocenters. The molecule has 2 rings (SSSR count). The van der Waals surface area contributed by atoms with Gasteiger partial charge in [0.1, 0.15) is 5.15 Å². The molecule has 6 heteroatoms. The Hall–Kier alpha value is -1.20. The molecule has 1 aromatic rings. The number of carbonyl (C=O) groups is 1. The number of halogens is 1. The van der Waals surface area contributed by atoms with E-state index in [-0.39, 0.29) is 11.8 Å². The van der Waals surface area contributed by atoms with Crippen molar-refractivity contribution in [3.05, 3.63) is 23.5 Å². The summed E-state index contributed by atoms with van der Waals surface area (Å²) in [5.41, 5.74) is 0.707. The zero-order valence-corrected chi connectivity index (χ0v) is 12.1. The summed E-state index contributed by atoms with van der Waals surface area (Å²) in [5.74, 6) is 0.107. The summed E-state index contributed by atoms with van der Waals surface area (Å²) in [4.78, 5) is 15.9. The van der Waals surface area contributed by atoms with E-state index in [2.05, 4.69) is 15.6 Å². The first-order chi connectivity index (χ1) is 9.15. The maximum atomic E-state index is 12.0. The van der Waals surface area contributed by atoms with Gasteiger partial charge in [-0.3, -0.25) is 4.79 Å². The maximum Gasteiger partial charge on any atom is 0.229 e. The fraction of sp³-hybridized carbons (Fsp3) is 0.462. The largest absolute Gasteiger partial charge is 0.331 e. The van der Waals surface area contributed by atoms with E-state index in [1.165, 1.54) is 6.42 Å². The minimum Gasteiger partial charge on any atom is -0.331 e. The second kappa shape index (κ2) is 6.82. The van der Waals surface area contributed by atoms with Crippen molar-refractivity contribution in [2.24, 2.45) is 5.92 Å². The van der Waals surface area contributed by atoms with Crippen LogP contribution < -0.4 is 10.6 Å². The monoisotopic (exact) mass is 297 g/mol. The number of carbonyl (C=O) groups excluding carboxylic acids is 1. The van der Waals surface area contributed by atoms with E-state index in [1.807, 2.05) is 0 Å². The molecule has 2 N–H and O–H groups in total. The van der Waals surface area contributed by atoms with Crippen LogP contribution in [-0.4, -0.2) is 16.0 Å². The van der Waals surface area contributed by atoms with Gasteiger partial charge in [0, 0.05) is 5.92 Å². The molecule has 0 saturated heterocycles. The highest BCUT2D eigenvalue weighted by molar-refractivity contribution is 7.80. The van der Waals surface area contributed by atoms with Crippen LogP contribution in [0.5, 0.6) is 0 Å². The molecule has 1 aliphatic rings. The van der Waals surface area contributed by atoms with Gasteiger partial charge in [-0.15, -0.1) is 0 Å². The van der Waals surface area contributed by atoms with Crippen molar-refractivity contribution in [1.82, 2.24) is 10.3 Å². The zero-order chi connectivity index (χ0) is 13.7. The third kappa shape index (κ3) is 4.44. The average Bonchev–Trinajstić information content (AvgIpc) is 2.42. The summed E-state index contributed by atoms with van der Waals surface area (Å²) in [6.45, 7) is 0. The molecule has 1 aliphatic carbocycles. The van der Waals surface area contributed by atoms with Crippen LogP contribution in [0.2, 0.25) is 5.15 Å². The standard InChI is InChI=1S/C13H16ClN3OS/c14-11-7-6-10(8-15-11)16-13(19)17-12(18)9-4-2-1-3-5-9/h6-9H,1-5H2,(H2,16,17,18,19). The molecule has 19 heavy (non-hydrogen) atoms. The Morgan fingerprint density at radius 2 is 2.05 bits per heavy atom. The van der Waals surface area contributed by atoms with Gasteiger partial charge in [0.05, 0.1) is 11.9 Å². The predicted molar refractivity (Wildman–Crippen MR) is 80.2 cm³/mol. The van der Waals surface area contributed by atoms with Crippen molar-refractivity contribution >= 4 is 40.5 Å². The van der Waals surface area contributed by atoms with Gasteiger partial charge in [-0.05, 0) is 37.2 Å². The molecule has 0 aromatic carbocycles. The second-order valence-corrected chi connectivity index (χ2v) is 5.44. The number of rotatable bonds is 2. The van der Waals surface area contributed by atoms with Crippen LogP contribution in [0.25, 0.3) is 0 Å². The Labute approximate surface area is 122 Å². The summed E-state index contributed by atoms with van der Waals surface area (Å²) < 4.78 is 0. The predicted octanol–water partition coefficient (Wildman–Crippen LogP) is 3.13. The number of nitrogens with zero attached hydrogens (tertiary/aromatic N) is 1. The highest BCUT2D eigenvalue weighted by Crippen LogP contribution is 2.23. The maximum absolute atomic E-state index is 12.0. The summed E-state index contributed by atoms with van der Waals surface area (Å²) in [6, 6.07) is 3.42. The Kier molecular flexibility index (Phi) is 5.10. The number of hydrogen-bond acceptors (Lipinski definition) is 3. The molecular weight excluding hydrogens is 282 g/mol. The Bertz CT molecular complexity index is 457. The summed E-state index contributed by atoms with van der Waals surface area (Å²) in [6.07, 6.45) is 6.96. The van der Waals surface area contributed by atoms with Crippen LogP contribution in [0.4, 0.5) is 5.69 Å². The van der Waals surface area contributed by atoms with Crippen LogP contribution in [0, 0.1) is 5.92 Å². The zero-order valence-electron chi connectivity index (χ0n) is 10.5. The number of amides is 1.